The monoisotopic (exact) mass is 236 g/mol. The fourth-order valence-corrected chi connectivity index (χ4v) is 1.20. The Labute approximate surface area is 90.7 Å². The average molecular weight is 236 g/mol. The van der Waals surface area contributed by atoms with E-state index in [1.165, 1.54) is 12.3 Å². The summed E-state index contributed by atoms with van der Waals surface area (Å²) in [6.45, 7) is 0.388. The zero-order valence-corrected chi connectivity index (χ0v) is 8.52. The molecule has 0 spiro atoms. The first-order chi connectivity index (χ1) is 7.47. The van der Waals surface area contributed by atoms with Crippen LogP contribution in [0.25, 0.3) is 0 Å². The highest BCUT2D eigenvalue weighted by Crippen LogP contribution is 2.22. The summed E-state index contributed by atoms with van der Waals surface area (Å²) >= 11 is 0. The SMILES string of the molecule is Fc1cc(NCCCCC(F)(F)F)ccn1. The highest BCUT2D eigenvalue weighted by atomic mass is 19.4. The smallest absolute Gasteiger partial charge is 0.385 e. The molecule has 0 fully saturated rings. The molecule has 0 saturated carbocycles. The van der Waals surface area contributed by atoms with Crippen molar-refractivity contribution in [2.75, 3.05) is 11.9 Å². The van der Waals surface area contributed by atoms with Crippen LogP contribution in [0.2, 0.25) is 0 Å². The van der Waals surface area contributed by atoms with E-state index in [0.29, 0.717) is 18.7 Å². The number of rotatable bonds is 5. The maximum atomic E-state index is 12.6. The Morgan fingerprint density at radius 1 is 1.25 bits per heavy atom. The van der Waals surface area contributed by atoms with E-state index in [-0.39, 0.29) is 6.42 Å². The minimum absolute atomic E-state index is 0.0735. The van der Waals surface area contributed by atoms with Crippen LogP contribution in [0, 0.1) is 5.95 Å². The summed E-state index contributed by atoms with van der Waals surface area (Å²) < 4.78 is 47.9. The van der Waals surface area contributed by atoms with Gasteiger partial charge in [0.15, 0.2) is 0 Å². The largest absolute Gasteiger partial charge is 0.389 e. The number of alkyl halides is 3. The Morgan fingerprint density at radius 2 is 2.00 bits per heavy atom. The third-order valence-electron chi connectivity index (χ3n) is 1.94. The minimum Gasteiger partial charge on any atom is -0.385 e. The summed E-state index contributed by atoms with van der Waals surface area (Å²) in [4.78, 5) is 3.36. The highest BCUT2D eigenvalue weighted by molar-refractivity contribution is 5.40. The Bertz CT molecular complexity index is 325. The summed E-state index contributed by atoms with van der Waals surface area (Å²) in [5.41, 5.74) is 0.527. The molecular weight excluding hydrogens is 224 g/mol. The van der Waals surface area contributed by atoms with Crippen LogP contribution in [0.4, 0.5) is 23.2 Å². The van der Waals surface area contributed by atoms with Crippen molar-refractivity contribution in [3.63, 3.8) is 0 Å². The zero-order chi connectivity index (χ0) is 12.0. The number of hydrogen-bond donors (Lipinski definition) is 1. The van der Waals surface area contributed by atoms with Crippen molar-refractivity contribution in [1.29, 1.82) is 0 Å². The summed E-state index contributed by atoms with van der Waals surface area (Å²) in [5, 5.41) is 2.82. The van der Waals surface area contributed by atoms with Gasteiger partial charge in [-0.2, -0.15) is 17.6 Å². The number of pyridine rings is 1. The Kier molecular flexibility index (Phi) is 4.52. The van der Waals surface area contributed by atoms with Crippen LogP contribution in [-0.4, -0.2) is 17.7 Å². The quantitative estimate of drug-likeness (QED) is 0.481. The molecule has 6 heteroatoms. The first-order valence-electron chi connectivity index (χ1n) is 4.89. The van der Waals surface area contributed by atoms with E-state index in [2.05, 4.69) is 10.3 Å². The normalized spacial score (nSPS) is 11.5. The summed E-state index contributed by atoms with van der Waals surface area (Å²) in [6.07, 6.45) is -3.11. The number of nitrogens with one attached hydrogen (secondary N) is 1. The molecule has 0 bridgehead atoms. The number of unbranched alkanes of at least 4 members (excludes halogenated alkanes) is 1. The first-order valence-corrected chi connectivity index (χ1v) is 4.89. The Hall–Kier alpha value is -1.33. The molecule has 90 valence electrons. The van der Waals surface area contributed by atoms with E-state index >= 15 is 0 Å². The van der Waals surface area contributed by atoms with Gasteiger partial charge in [0.2, 0.25) is 5.95 Å². The lowest BCUT2D eigenvalue weighted by molar-refractivity contribution is -0.135. The molecule has 0 aliphatic heterocycles. The molecule has 0 aliphatic rings. The molecule has 0 radical (unpaired) electrons. The van der Waals surface area contributed by atoms with Gasteiger partial charge in [-0.3, -0.25) is 0 Å². The predicted octanol–water partition coefficient (Wildman–Crippen LogP) is 3.37. The molecule has 16 heavy (non-hydrogen) atoms. The summed E-state index contributed by atoms with van der Waals surface area (Å²) in [6, 6.07) is 2.76. The van der Waals surface area contributed by atoms with Crippen molar-refractivity contribution in [2.24, 2.45) is 0 Å². The van der Waals surface area contributed by atoms with Crippen molar-refractivity contribution < 1.29 is 17.6 Å². The van der Waals surface area contributed by atoms with E-state index in [1.807, 2.05) is 0 Å². The molecule has 2 nitrogen and oxygen atoms in total. The van der Waals surface area contributed by atoms with Gasteiger partial charge in [0.05, 0.1) is 0 Å². The van der Waals surface area contributed by atoms with Gasteiger partial charge in [-0.15, -0.1) is 0 Å². The summed E-state index contributed by atoms with van der Waals surface area (Å²) in [5.74, 6) is -0.611. The lowest BCUT2D eigenvalue weighted by Gasteiger charge is -2.07. The number of anilines is 1. The second-order valence-electron chi connectivity index (χ2n) is 3.37. The van der Waals surface area contributed by atoms with Gasteiger partial charge in [0.25, 0.3) is 0 Å². The van der Waals surface area contributed by atoms with Gasteiger partial charge in [0.1, 0.15) is 0 Å². The van der Waals surface area contributed by atoms with Crippen LogP contribution in [0.5, 0.6) is 0 Å². The molecule has 0 amide bonds. The zero-order valence-electron chi connectivity index (χ0n) is 8.52. The average Bonchev–Trinajstić information content (AvgIpc) is 2.15. The van der Waals surface area contributed by atoms with Gasteiger partial charge in [-0.25, -0.2) is 4.98 Å². The van der Waals surface area contributed by atoms with Gasteiger partial charge in [-0.1, -0.05) is 0 Å². The van der Waals surface area contributed by atoms with Crippen LogP contribution < -0.4 is 5.32 Å². The topological polar surface area (TPSA) is 24.9 Å². The lowest BCUT2D eigenvalue weighted by atomic mass is 10.2. The molecule has 1 N–H and O–H groups in total. The summed E-state index contributed by atoms with van der Waals surface area (Å²) in [7, 11) is 0. The second-order valence-corrected chi connectivity index (χ2v) is 3.37. The Morgan fingerprint density at radius 3 is 2.62 bits per heavy atom. The van der Waals surface area contributed by atoms with Crippen molar-refractivity contribution in [3.05, 3.63) is 24.3 Å². The van der Waals surface area contributed by atoms with E-state index in [0.717, 1.165) is 0 Å². The standard InChI is InChI=1S/C10H12F4N2/c11-9-7-8(3-6-16-9)15-5-2-1-4-10(12,13)14/h3,6-7H,1-2,4-5H2,(H,15,16). The van der Waals surface area contributed by atoms with Crippen LogP contribution >= 0.6 is 0 Å². The molecule has 0 aliphatic carbocycles. The fraction of sp³-hybridized carbons (Fsp3) is 0.500. The number of hydrogen-bond acceptors (Lipinski definition) is 2. The lowest BCUT2D eigenvalue weighted by Crippen LogP contribution is -2.08. The first kappa shape index (κ1) is 12.7. The van der Waals surface area contributed by atoms with Crippen LogP contribution in [0.1, 0.15) is 19.3 Å². The number of nitrogens with zero attached hydrogens (tertiary/aromatic N) is 1. The second kappa shape index (κ2) is 5.67. The maximum Gasteiger partial charge on any atom is 0.389 e. The molecule has 1 aromatic heterocycles. The van der Waals surface area contributed by atoms with Crippen molar-refractivity contribution in [2.45, 2.75) is 25.4 Å². The molecule has 0 unspecified atom stereocenters. The van der Waals surface area contributed by atoms with Gasteiger partial charge in [0, 0.05) is 30.9 Å². The molecular formula is C10H12F4N2. The molecule has 1 aromatic rings. The molecule has 0 saturated heterocycles. The number of aromatic nitrogens is 1. The van der Waals surface area contributed by atoms with E-state index < -0.39 is 18.5 Å². The molecule has 0 aromatic carbocycles. The van der Waals surface area contributed by atoms with Gasteiger partial charge < -0.3 is 5.32 Å². The van der Waals surface area contributed by atoms with Crippen LogP contribution in [-0.2, 0) is 0 Å². The minimum atomic E-state index is -4.09. The predicted molar refractivity (Wildman–Crippen MR) is 52.6 cm³/mol. The highest BCUT2D eigenvalue weighted by Gasteiger charge is 2.25. The third kappa shape index (κ3) is 5.53. The molecule has 1 rings (SSSR count). The van der Waals surface area contributed by atoms with Crippen molar-refractivity contribution in [1.82, 2.24) is 4.98 Å². The van der Waals surface area contributed by atoms with Gasteiger partial charge in [-0.05, 0) is 18.9 Å². The Balaban J connectivity index is 2.17. The molecule has 1 heterocycles. The van der Waals surface area contributed by atoms with E-state index in [1.54, 1.807) is 6.07 Å². The molecule has 0 atom stereocenters. The van der Waals surface area contributed by atoms with Crippen molar-refractivity contribution >= 4 is 5.69 Å². The van der Waals surface area contributed by atoms with Crippen LogP contribution in [0.3, 0.4) is 0 Å². The van der Waals surface area contributed by atoms with Crippen molar-refractivity contribution in [3.8, 4) is 0 Å². The fourth-order valence-electron chi connectivity index (χ4n) is 1.20. The van der Waals surface area contributed by atoms with E-state index in [4.69, 9.17) is 0 Å². The van der Waals surface area contributed by atoms with Crippen LogP contribution in [0.15, 0.2) is 18.3 Å². The van der Waals surface area contributed by atoms with E-state index in [9.17, 15) is 17.6 Å². The number of halogens is 4. The van der Waals surface area contributed by atoms with Gasteiger partial charge >= 0.3 is 6.18 Å². The maximum absolute atomic E-state index is 12.6. The third-order valence-corrected chi connectivity index (χ3v) is 1.94.